The molecule has 612 valence electrons. The van der Waals surface area contributed by atoms with Gasteiger partial charge in [-0.1, -0.05) is 187 Å². The average molecular weight is 1590 g/mol. The molecule has 10 aromatic carbocycles. The summed E-state index contributed by atoms with van der Waals surface area (Å²) in [6, 6.07) is 76.5. The number of anilines is 6. The van der Waals surface area contributed by atoms with E-state index < -0.39 is 0 Å². The number of phenols is 10. The van der Waals surface area contributed by atoms with E-state index in [-0.39, 0.29) is 46.2 Å². The van der Waals surface area contributed by atoms with Gasteiger partial charge in [-0.2, -0.15) is 39.9 Å². The van der Waals surface area contributed by atoms with Gasteiger partial charge < -0.3 is 87.5 Å². The summed E-state index contributed by atoms with van der Waals surface area (Å²) in [6.45, 7) is 18.0. The van der Waals surface area contributed by atoms with Crippen LogP contribution in [0.25, 0.3) is 0 Å². The van der Waals surface area contributed by atoms with Crippen molar-refractivity contribution < 1.29 is 51.1 Å². The number of hydrogen-bond acceptors (Lipinski definition) is 26. The van der Waals surface area contributed by atoms with Crippen molar-refractivity contribution in [3.05, 3.63) is 318 Å². The van der Waals surface area contributed by atoms with Crippen molar-refractivity contribution in [1.29, 1.82) is 5.41 Å². The van der Waals surface area contributed by atoms with Crippen LogP contribution < -0.4 is 31.1 Å². The number of nitrogen functional groups attached to an aromatic ring is 1. The van der Waals surface area contributed by atoms with Crippen LogP contribution in [0.2, 0.25) is 0 Å². The molecule has 0 saturated carbocycles. The average Bonchev–Trinajstić information content (AvgIpc) is 0.801. The number of phenolic OH excluding ortho intramolecular Hbond substituents is 10. The fourth-order valence-corrected chi connectivity index (χ4v) is 10.3. The van der Waals surface area contributed by atoms with Crippen LogP contribution in [0.15, 0.2) is 267 Å². The van der Waals surface area contributed by atoms with E-state index in [0.717, 1.165) is 96.2 Å². The first kappa shape index (κ1) is 91.6. The summed E-state index contributed by atoms with van der Waals surface area (Å²) in [5.41, 5.74) is 11.1. The molecule has 0 aliphatic heterocycles. The summed E-state index contributed by atoms with van der Waals surface area (Å²) in [4.78, 5) is 46.4. The number of para-hydroxylation sites is 4. The van der Waals surface area contributed by atoms with Crippen LogP contribution in [0.5, 0.6) is 57.5 Å². The van der Waals surface area contributed by atoms with Gasteiger partial charge >= 0.3 is 0 Å². The highest BCUT2D eigenvalue weighted by atomic mass is 16.3. The number of aromatic nitrogens is 9. The van der Waals surface area contributed by atoms with Gasteiger partial charge in [-0.3, -0.25) is 0 Å². The molecule has 117 heavy (non-hydrogen) atoms. The summed E-state index contributed by atoms with van der Waals surface area (Å²) in [7, 11) is 0. The van der Waals surface area contributed by atoms with Gasteiger partial charge in [-0.25, -0.2) is 4.98 Å². The molecule has 13 aromatic rings. The van der Waals surface area contributed by atoms with Gasteiger partial charge in [0.2, 0.25) is 35.7 Å². The lowest BCUT2D eigenvalue weighted by Gasteiger charge is -2.30. The highest BCUT2D eigenvalue weighted by Crippen LogP contribution is 2.30. The second kappa shape index (κ2) is 51.4. The molecule has 0 aliphatic carbocycles. The zero-order valence-corrected chi connectivity index (χ0v) is 67.2. The lowest BCUT2D eigenvalue weighted by atomic mass is 10.1. The number of nitrogens with zero attached hydrogens (tertiary/aromatic N) is 12. The van der Waals surface area contributed by atoms with E-state index >= 15 is 0 Å². The summed E-state index contributed by atoms with van der Waals surface area (Å²) in [6.07, 6.45) is 6.22. The molecule has 26 heteroatoms. The fraction of sp³-hybridized carbons (Fsp3) is 0.231. The summed E-state index contributed by atoms with van der Waals surface area (Å²) < 4.78 is 0. The third-order valence-corrected chi connectivity index (χ3v) is 15.9. The first-order valence-electron chi connectivity index (χ1n) is 38.5. The Morgan fingerprint density at radius 2 is 0.538 bits per heavy atom. The molecule has 0 fully saturated rings. The Kier molecular flexibility index (Phi) is 40.2. The molecule has 0 bridgehead atoms. The summed E-state index contributed by atoms with van der Waals surface area (Å²) >= 11 is 0. The standard InChI is InChI=1S/C45H42N6O6.C11H20N4.C8H14N6.4C6H6O.C3H8/c52-37-13-1-31(2-14-37)25-49(26-32-3-15-38(53)16-4-32)43-46-44(50(27-33-5-17-39(54)18-6-33)28-34-7-19-40(55)20-8-34)48-45(47-43)51(29-35-9-21-41(56)22-10-35)30-36-11-23-42(57)24-12-36;1-4-7-9-13-10(8-5-2)15-11(14-9)12-6-3;1-3-4-11-8-13-6(5(2)9)12-7(10)14-8;4*7-6-4-2-1-3-5-6;1-3-2/h1-24,52-57H,25-30H2;4-8H2,1-3H3,(H,12,13,14,15);9H,3-4H2,1-2H3,(H3,10,11,12,13,14);4*1-5,7H;3H2,1-2H3. The maximum atomic E-state index is 10.1. The molecule has 0 aliphatic rings. The van der Waals surface area contributed by atoms with Crippen molar-refractivity contribution >= 4 is 41.4 Å². The normalized spacial score (nSPS) is 10.0. The van der Waals surface area contributed by atoms with E-state index in [1.54, 1.807) is 177 Å². The van der Waals surface area contributed by atoms with Gasteiger partial charge in [0.1, 0.15) is 69.1 Å². The highest BCUT2D eigenvalue weighted by molar-refractivity contribution is 5.93. The number of benzene rings is 10. The van der Waals surface area contributed by atoms with Gasteiger partial charge in [-0.15, -0.1) is 0 Å². The van der Waals surface area contributed by atoms with Crippen LogP contribution in [0.3, 0.4) is 0 Å². The van der Waals surface area contributed by atoms with E-state index in [1.807, 2.05) is 126 Å². The minimum absolute atomic E-state index is 0.139. The molecular formula is C91H108N16O10. The Morgan fingerprint density at radius 1 is 0.299 bits per heavy atom. The van der Waals surface area contributed by atoms with E-state index in [0.29, 0.717) is 91.9 Å². The van der Waals surface area contributed by atoms with E-state index in [2.05, 4.69) is 68.2 Å². The molecule has 3 aromatic heterocycles. The molecule has 13 rings (SSSR count). The third-order valence-electron chi connectivity index (χ3n) is 15.9. The number of aromatic hydroxyl groups is 10. The van der Waals surface area contributed by atoms with Gasteiger partial charge in [0.05, 0.1) is 5.71 Å². The molecule has 0 atom stereocenters. The SMILES string of the molecule is CCC.CCCNc1nc(N)nc(C(C)=N)n1.CCCc1nc(CCC)nc(NCC)n1.Oc1ccc(CN(Cc2ccc(O)cc2)c2nc(N(Cc3ccc(O)cc3)Cc3ccc(O)cc3)nc(N(Cc3ccc(O)cc3)Cc3ccc(O)cc3)n2)cc1.Oc1ccccc1.Oc1ccccc1.Oc1ccccc1.Oc1ccccc1. The van der Waals surface area contributed by atoms with E-state index in [4.69, 9.17) is 46.5 Å². The minimum atomic E-state index is 0.139. The topological polar surface area (TPSA) is 402 Å². The molecule has 0 saturated heterocycles. The molecule has 26 nitrogen and oxygen atoms in total. The molecule has 0 amide bonds. The predicted molar refractivity (Wildman–Crippen MR) is 464 cm³/mol. The smallest absolute Gasteiger partial charge is 0.232 e. The van der Waals surface area contributed by atoms with Crippen LogP contribution in [0, 0.1) is 5.41 Å². The minimum Gasteiger partial charge on any atom is -0.508 e. The van der Waals surface area contributed by atoms with E-state index in [1.165, 1.54) is 6.42 Å². The largest absolute Gasteiger partial charge is 0.508 e. The molecule has 0 unspecified atom stereocenters. The zero-order valence-electron chi connectivity index (χ0n) is 67.2. The number of rotatable bonds is 25. The van der Waals surface area contributed by atoms with Crippen molar-refractivity contribution in [2.75, 3.05) is 44.2 Å². The molecule has 15 N–H and O–H groups in total. The Morgan fingerprint density at radius 3 is 0.744 bits per heavy atom. The van der Waals surface area contributed by atoms with Crippen molar-refractivity contribution in [2.45, 2.75) is 126 Å². The second-order valence-electron chi connectivity index (χ2n) is 26.3. The maximum Gasteiger partial charge on any atom is 0.232 e. The first-order chi connectivity index (χ1) is 56.5. The van der Waals surface area contributed by atoms with Crippen molar-refractivity contribution in [3.63, 3.8) is 0 Å². The van der Waals surface area contributed by atoms with Crippen LogP contribution in [-0.2, 0) is 52.1 Å². The Hall–Kier alpha value is -14.3. The second-order valence-corrected chi connectivity index (χ2v) is 26.3. The quantitative estimate of drug-likeness (QED) is 0.0236. The van der Waals surface area contributed by atoms with Crippen LogP contribution in [0.1, 0.15) is 125 Å². The van der Waals surface area contributed by atoms with Crippen molar-refractivity contribution in [3.8, 4) is 57.5 Å². The molecule has 0 radical (unpaired) electrons. The summed E-state index contributed by atoms with van der Waals surface area (Å²) in [5.74, 6) is 6.66. The number of nitrogens with two attached hydrogens (primary N) is 1. The molecule has 3 heterocycles. The first-order valence-corrected chi connectivity index (χ1v) is 38.5. The summed E-state index contributed by atoms with van der Waals surface area (Å²) in [5, 5.41) is 108. The van der Waals surface area contributed by atoms with Crippen molar-refractivity contribution in [2.24, 2.45) is 0 Å². The molecule has 0 spiro atoms. The van der Waals surface area contributed by atoms with Gasteiger partial charge in [0.25, 0.3) is 0 Å². The van der Waals surface area contributed by atoms with Crippen LogP contribution >= 0.6 is 0 Å². The third kappa shape index (κ3) is 36.4. The van der Waals surface area contributed by atoms with E-state index in [9.17, 15) is 30.6 Å². The monoisotopic (exact) mass is 1580 g/mol. The number of nitrogens with one attached hydrogen (secondary N) is 3. The lowest BCUT2D eigenvalue weighted by molar-refractivity contribution is 0.474. The van der Waals surface area contributed by atoms with Crippen molar-refractivity contribution in [1.82, 2.24) is 44.9 Å². The van der Waals surface area contributed by atoms with Crippen LogP contribution in [-0.4, -0.2) is 115 Å². The molecular weight excluding hydrogens is 1480 g/mol. The van der Waals surface area contributed by atoms with Crippen LogP contribution in [0.4, 0.5) is 35.7 Å². The maximum absolute atomic E-state index is 10.1. The Balaban J connectivity index is 0.000000280. The Bertz CT molecular complexity index is 4250. The Labute approximate surface area is 685 Å². The number of aryl methyl sites for hydroxylation is 2. The van der Waals surface area contributed by atoms with Gasteiger partial charge in [0.15, 0.2) is 5.82 Å². The lowest BCUT2D eigenvalue weighted by Crippen LogP contribution is -2.31. The highest BCUT2D eigenvalue weighted by Gasteiger charge is 2.24. The number of hydrogen-bond donors (Lipinski definition) is 14. The predicted octanol–water partition coefficient (Wildman–Crippen LogP) is 17.6. The van der Waals surface area contributed by atoms with Gasteiger partial charge in [0, 0.05) is 65.2 Å². The van der Waals surface area contributed by atoms with Gasteiger partial charge in [-0.05, 0) is 188 Å². The zero-order chi connectivity index (χ0) is 84.5. The fourth-order valence-electron chi connectivity index (χ4n) is 10.3.